The van der Waals surface area contributed by atoms with Gasteiger partial charge in [-0.3, -0.25) is 4.79 Å². The second kappa shape index (κ2) is 11.5. The van der Waals surface area contributed by atoms with Gasteiger partial charge in [-0.25, -0.2) is 9.48 Å². The molecule has 0 radical (unpaired) electrons. The number of benzene rings is 4. The van der Waals surface area contributed by atoms with E-state index >= 15 is 0 Å². The van der Waals surface area contributed by atoms with Crippen molar-refractivity contribution in [1.82, 2.24) is 15.1 Å². The maximum atomic E-state index is 12.9. The Morgan fingerprint density at radius 2 is 1.67 bits per heavy atom. The van der Waals surface area contributed by atoms with Gasteiger partial charge >= 0.3 is 5.97 Å². The Bertz CT molecular complexity index is 1640. The summed E-state index contributed by atoms with van der Waals surface area (Å²) in [5, 5.41) is 19.3. The molecule has 7 nitrogen and oxygen atoms in total. The number of aromatic nitrogens is 2. The molecule has 7 heteroatoms. The summed E-state index contributed by atoms with van der Waals surface area (Å²) in [5.74, 6) is -0.877. The summed E-state index contributed by atoms with van der Waals surface area (Å²) in [6.45, 7) is 0. The molecule has 2 N–H and O–H groups in total. The van der Waals surface area contributed by atoms with E-state index in [4.69, 9.17) is 9.84 Å². The number of fused-ring (bicyclic) bond motifs is 1. The molecule has 0 aliphatic rings. The summed E-state index contributed by atoms with van der Waals surface area (Å²) in [6, 6.07) is 29.6. The summed E-state index contributed by atoms with van der Waals surface area (Å²) < 4.78 is 6.68. The van der Waals surface area contributed by atoms with Gasteiger partial charge < -0.3 is 15.2 Å². The van der Waals surface area contributed by atoms with Crippen LogP contribution in [-0.4, -0.2) is 39.9 Å². The van der Waals surface area contributed by atoms with Gasteiger partial charge in [0.25, 0.3) is 0 Å². The van der Waals surface area contributed by atoms with Crippen LogP contribution in [0.15, 0.2) is 109 Å². The highest BCUT2D eigenvalue weighted by molar-refractivity contribution is 5.96. The van der Waals surface area contributed by atoms with E-state index < -0.39 is 17.9 Å². The van der Waals surface area contributed by atoms with Crippen LogP contribution in [0.1, 0.15) is 11.1 Å². The first-order valence-electron chi connectivity index (χ1n) is 12.5. The fraction of sp³-hybridized carbons (Fsp3) is 0.0938. The maximum absolute atomic E-state index is 12.9. The summed E-state index contributed by atoms with van der Waals surface area (Å²) in [5.41, 5.74) is 4.06. The van der Waals surface area contributed by atoms with Gasteiger partial charge in [-0.1, -0.05) is 66.7 Å². The molecule has 194 valence electrons. The molecule has 0 spiro atoms. The first-order valence-corrected chi connectivity index (χ1v) is 12.5. The molecule has 1 aromatic heterocycles. The Morgan fingerprint density at radius 1 is 0.949 bits per heavy atom. The smallest absolute Gasteiger partial charge is 0.328 e. The minimum absolute atomic E-state index is 0.124. The van der Waals surface area contributed by atoms with Crippen molar-refractivity contribution in [2.75, 3.05) is 7.11 Å². The normalized spacial score (nSPS) is 11.9. The third-order valence-electron chi connectivity index (χ3n) is 6.38. The van der Waals surface area contributed by atoms with Crippen LogP contribution < -0.4 is 5.32 Å². The van der Waals surface area contributed by atoms with Gasteiger partial charge in [-0.15, -0.1) is 0 Å². The van der Waals surface area contributed by atoms with E-state index in [1.807, 2.05) is 54.7 Å². The number of rotatable bonds is 8. The molecule has 5 rings (SSSR count). The largest absolute Gasteiger partial charge is 0.508 e. The fourth-order valence-corrected chi connectivity index (χ4v) is 4.37. The molecule has 5 aromatic rings. The number of carbonyl (C=O) groups excluding carboxylic acids is 2. The van der Waals surface area contributed by atoms with Crippen molar-refractivity contribution >= 4 is 28.7 Å². The number of hydrogen-bond donors (Lipinski definition) is 2. The van der Waals surface area contributed by atoms with Gasteiger partial charge in [0.1, 0.15) is 11.8 Å². The molecule has 0 saturated carbocycles. The lowest BCUT2D eigenvalue weighted by Gasteiger charge is -2.15. The topological polar surface area (TPSA) is 93.5 Å². The van der Waals surface area contributed by atoms with Crippen molar-refractivity contribution in [3.8, 4) is 22.7 Å². The summed E-state index contributed by atoms with van der Waals surface area (Å²) in [7, 11) is 1.28. The van der Waals surface area contributed by atoms with Gasteiger partial charge in [0, 0.05) is 29.8 Å². The molecular weight excluding hydrogens is 490 g/mol. The van der Waals surface area contributed by atoms with Gasteiger partial charge in [0.05, 0.1) is 18.5 Å². The van der Waals surface area contributed by atoms with Crippen LogP contribution in [0.5, 0.6) is 5.75 Å². The van der Waals surface area contributed by atoms with Crippen molar-refractivity contribution in [2.24, 2.45) is 0 Å². The molecular formula is C32H27N3O4. The minimum Gasteiger partial charge on any atom is -0.508 e. The third kappa shape index (κ3) is 6.05. The predicted molar refractivity (Wildman–Crippen MR) is 151 cm³/mol. The van der Waals surface area contributed by atoms with Crippen molar-refractivity contribution in [2.45, 2.75) is 12.5 Å². The van der Waals surface area contributed by atoms with E-state index in [0.29, 0.717) is 0 Å². The van der Waals surface area contributed by atoms with Gasteiger partial charge in [0.15, 0.2) is 0 Å². The average Bonchev–Trinajstić information content (AvgIpc) is 3.41. The molecule has 39 heavy (non-hydrogen) atoms. The van der Waals surface area contributed by atoms with E-state index in [0.717, 1.165) is 38.8 Å². The predicted octanol–water partition coefficient (Wildman–Crippen LogP) is 5.31. The highest BCUT2D eigenvalue weighted by atomic mass is 16.5. The first-order chi connectivity index (χ1) is 19.0. The number of methoxy groups -OCH3 is 1. The van der Waals surface area contributed by atoms with E-state index in [1.165, 1.54) is 25.3 Å². The number of ether oxygens (including phenoxy) is 1. The number of aromatic hydroxyl groups is 1. The van der Waals surface area contributed by atoms with Crippen molar-refractivity contribution in [1.29, 1.82) is 0 Å². The number of para-hydroxylation sites is 1. The van der Waals surface area contributed by atoms with Crippen molar-refractivity contribution in [3.05, 3.63) is 120 Å². The molecule has 1 atom stereocenters. The Balaban J connectivity index is 1.43. The van der Waals surface area contributed by atoms with Crippen molar-refractivity contribution < 1.29 is 19.4 Å². The third-order valence-corrected chi connectivity index (χ3v) is 6.38. The van der Waals surface area contributed by atoms with Crippen LogP contribution in [0.4, 0.5) is 0 Å². The first kappa shape index (κ1) is 25.5. The number of carbonyl (C=O) groups is 2. The van der Waals surface area contributed by atoms with Gasteiger partial charge in [-0.05, 0) is 52.7 Å². The van der Waals surface area contributed by atoms with Gasteiger partial charge in [0.2, 0.25) is 5.91 Å². The number of hydrogen-bond acceptors (Lipinski definition) is 5. The molecule has 0 saturated heterocycles. The van der Waals surface area contributed by atoms with Gasteiger partial charge in [-0.2, -0.15) is 5.10 Å². The Morgan fingerprint density at radius 3 is 2.41 bits per heavy atom. The number of amides is 1. The zero-order chi connectivity index (χ0) is 27.2. The molecule has 1 heterocycles. The van der Waals surface area contributed by atoms with Crippen LogP contribution in [0.3, 0.4) is 0 Å². The molecule has 4 aromatic carbocycles. The van der Waals surface area contributed by atoms with Crippen molar-refractivity contribution in [3.63, 3.8) is 0 Å². The summed E-state index contributed by atoms with van der Waals surface area (Å²) in [6.07, 6.45) is 5.18. The standard InChI is InChI=1S/C32H27N3O4/c1-39-32(38)29(19-22-11-16-28(36)17-12-22)33-30(37)18-15-26-21-35(27-9-3-2-4-10-27)34-31(26)25-14-13-23-7-5-6-8-24(23)20-25/h2-18,20-21,29,36H,19H2,1H3,(H,33,37)/b18-15+. The van der Waals surface area contributed by atoms with E-state index in [-0.39, 0.29) is 12.2 Å². The highest BCUT2D eigenvalue weighted by Gasteiger charge is 2.21. The zero-order valence-electron chi connectivity index (χ0n) is 21.3. The van der Waals surface area contributed by atoms with Crippen LogP contribution in [0.2, 0.25) is 0 Å². The molecule has 0 fully saturated rings. The summed E-state index contributed by atoms with van der Waals surface area (Å²) >= 11 is 0. The highest BCUT2D eigenvalue weighted by Crippen LogP contribution is 2.28. The lowest BCUT2D eigenvalue weighted by molar-refractivity contribution is -0.144. The SMILES string of the molecule is COC(=O)C(Cc1ccc(O)cc1)NC(=O)/C=C/c1cn(-c2ccccc2)nc1-c1ccc2ccccc2c1. The lowest BCUT2D eigenvalue weighted by Crippen LogP contribution is -2.42. The molecule has 0 aliphatic heterocycles. The van der Waals surface area contributed by atoms with Crippen LogP contribution in [0, 0.1) is 0 Å². The van der Waals surface area contributed by atoms with Crippen LogP contribution in [-0.2, 0) is 20.7 Å². The number of nitrogens with zero attached hydrogens (tertiary/aromatic N) is 2. The molecule has 0 bridgehead atoms. The molecule has 0 aliphatic carbocycles. The van der Waals surface area contributed by atoms with E-state index in [2.05, 4.69) is 29.6 Å². The quantitative estimate of drug-likeness (QED) is 0.215. The summed E-state index contributed by atoms with van der Waals surface area (Å²) in [4.78, 5) is 25.3. The van der Waals surface area contributed by atoms with Crippen LogP contribution >= 0.6 is 0 Å². The Labute approximate surface area is 226 Å². The Hall–Kier alpha value is -5.17. The number of phenols is 1. The number of phenolic OH excluding ortho intramolecular Hbond substituents is 1. The van der Waals surface area contributed by atoms with E-state index in [9.17, 15) is 14.7 Å². The Kier molecular flexibility index (Phi) is 7.50. The fourth-order valence-electron chi connectivity index (χ4n) is 4.37. The van der Waals surface area contributed by atoms with Crippen LogP contribution in [0.25, 0.3) is 33.8 Å². The molecule has 1 amide bonds. The van der Waals surface area contributed by atoms with E-state index in [1.54, 1.807) is 22.9 Å². The monoisotopic (exact) mass is 517 g/mol. The second-order valence-corrected chi connectivity index (χ2v) is 9.06. The number of nitrogens with one attached hydrogen (secondary N) is 1. The average molecular weight is 518 g/mol. The zero-order valence-corrected chi connectivity index (χ0v) is 21.3. The molecule has 1 unspecified atom stereocenters. The maximum Gasteiger partial charge on any atom is 0.328 e. The second-order valence-electron chi connectivity index (χ2n) is 9.06. The number of esters is 1. The minimum atomic E-state index is -0.885. The lowest BCUT2D eigenvalue weighted by atomic mass is 10.0.